The third kappa shape index (κ3) is 7.56. The van der Waals surface area contributed by atoms with Crippen LogP contribution in [0, 0.1) is 23.1 Å². The molecule has 0 aliphatic heterocycles. The van der Waals surface area contributed by atoms with Crippen LogP contribution in [0.3, 0.4) is 0 Å². The van der Waals surface area contributed by atoms with Crippen LogP contribution in [0.1, 0.15) is 27.7 Å². The summed E-state index contributed by atoms with van der Waals surface area (Å²) in [4.78, 5) is 35.7. The molecule has 9 heteroatoms. The molecule has 1 aromatic carbocycles. The lowest BCUT2D eigenvalue weighted by Gasteiger charge is -2.27. The first-order valence-electron chi connectivity index (χ1n) is 8.63. The van der Waals surface area contributed by atoms with E-state index >= 15 is 0 Å². The minimum absolute atomic E-state index is 0.0142. The van der Waals surface area contributed by atoms with Crippen LogP contribution < -0.4 is 10.6 Å². The number of esters is 1. The van der Waals surface area contributed by atoms with E-state index in [0.29, 0.717) is 5.69 Å². The van der Waals surface area contributed by atoms with Gasteiger partial charge in [-0.25, -0.2) is 4.39 Å². The highest BCUT2D eigenvalue weighted by atomic mass is 32.2. The number of ether oxygens (including phenoxy) is 1. The second-order valence-electron chi connectivity index (χ2n) is 6.63. The first kappa shape index (κ1) is 23.4. The lowest BCUT2D eigenvalue weighted by molar-refractivity contribution is -0.148. The summed E-state index contributed by atoms with van der Waals surface area (Å²) >= 11 is 1.04. The van der Waals surface area contributed by atoms with Crippen molar-refractivity contribution >= 4 is 35.2 Å². The van der Waals surface area contributed by atoms with Crippen molar-refractivity contribution in [3.8, 4) is 6.07 Å². The number of nitrogens with zero attached hydrogens (tertiary/aromatic N) is 1. The molecule has 2 atom stereocenters. The van der Waals surface area contributed by atoms with Crippen LogP contribution in [0.25, 0.3) is 0 Å². The summed E-state index contributed by atoms with van der Waals surface area (Å²) in [6.45, 7) is 6.24. The number of thioether (sulfide) groups is 1. The minimum Gasteiger partial charge on any atom is -0.455 e. The van der Waals surface area contributed by atoms with Gasteiger partial charge in [-0.15, -0.1) is 11.8 Å². The molecule has 2 amide bonds. The zero-order chi connectivity index (χ0) is 21.3. The minimum atomic E-state index is -1.05. The van der Waals surface area contributed by atoms with Crippen LogP contribution in [0.5, 0.6) is 0 Å². The Hall–Kier alpha value is -2.60. The van der Waals surface area contributed by atoms with Crippen molar-refractivity contribution in [1.29, 1.82) is 5.26 Å². The van der Waals surface area contributed by atoms with E-state index in [2.05, 4.69) is 10.6 Å². The molecule has 1 aromatic rings. The summed E-state index contributed by atoms with van der Waals surface area (Å²) in [6.07, 6.45) is 0. The molecular weight excluding hydrogens is 385 g/mol. The number of amides is 2. The van der Waals surface area contributed by atoms with E-state index in [1.165, 1.54) is 24.3 Å². The monoisotopic (exact) mass is 409 g/mol. The number of benzene rings is 1. The third-order valence-corrected chi connectivity index (χ3v) is 5.18. The van der Waals surface area contributed by atoms with Gasteiger partial charge in [0.2, 0.25) is 5.91 Å². The molecule has 0 aliphatic rings. The average Bonchev–Trinajstić information content (AvgIpc) is 2.65. The fourth-order valence-electron chi connectivity index (χ4n) is 1.88. The summed E-state index contributed by atoms with van der Waals surface area (Å²) in [5.41, 5.74) is -0.605. The van der Waals surface area contributed by atoms with Gasteiger partial charge < -0.3 is 15.4 Å². The van der Waals surface area contributed by atoms with E-state index in [9.17, 15) is 24.0 Å². The second kappa shape index (κ2) is 10.7. The van der Waals surface area contributed by atoms with Gasteiger partial charge >= 0.3 is 5.97 Å². The largest absolute Gasteiger partial charge is 0.455 e. The molecule has 0 bridgehead atoms. The fourth-order valence-corrected chi connectivity index (χ4v) is 2.56. The van der Waals surface area contributed by atoms with Crippen molar-refractivity contribution in [3.05, 3.63) is 30.1 Å². The molecule has 152 valence electrons. The van der Waals surface area contributed by atoms with Gasteiger partial charge in [-0.3, -0.25) is 14.4 Å². The molecule has 0 unspecified atom stereocenters. The van der Waals surface area contributed by atoms with Crippen LogP contribution in [-0.2, 0) is 19.1 Å². The lowest BCUT2D eigenvalue weighted by Crippen LogP contribution is -2.50. The molecule has 0 saturated heterocycles. The Bertz CT molecular complexity index is 749. The van der Waals surface area contributed by atoms with Crippen LogP contribution in [0.2, 0.25) is 0 Å². The van der Waals surface area contributed by atoms with E-state index < -0.39 is 35.1 Å². The standard InChI is InChI=1S/C19H24FN3O4S/c1-12(2)19(4,11-21)23-16(24)9-27-18(26)13(3)28-10-17(25)22-15-7-5-14(20)6-8-15/h5-8,12-13H,9-10H2,1-4H3,(H,22,25)(H,23,24)/t13-,19-/m1/s1. The van der Waals surface area contributed by atoms with Crippen LogP contribution in [0.4, 0.5) is 10.1 Å². The fraction of sp³-hybridized carbons (Fsp3) is 0.474. The van der Waals surface area contributed by atoms with Crippen molar-refractivity contribution in [2.75, 3.05) is 17.7 Å². The van der Waals surface area contributed by atoms with Gasteiger partial charge in [-0.1, -0.05) is 13.8 Å². The van der Waals surface area contributed by atoms with Gasteiger partial charge in [-0.2, -0.15) is 5.26 Å². The number of nitrogens with one attached hydrogen (secondary N) is 2. The Morgan fingerprint density at radius 3 is 2.36 bits per heavy atom. The number of anilines is 1. The number of hydrogen-bond donors (Lipinski definition) is 2. The lowest BCUT2D eigenvalue weighted by atomic mass is 9.90. The molecule has 0 spiro atoms. The topological polar surface area (TPSA) is 108 Å². The molecule has 0 fully saturated rings. The predicted molar refractivity (Wildman–Crippen MR) is 105 cm³/mol. The van der Waals surface area contributed by atoms with E-state index in [1.54, 1.807) is 27.7 Å². The molecule has 1 rings (SSSR count). The first-order chi connectivity index (χ1) is 13.1. The van der Waals surface area contributed by atoms with Gasteiger partial charge in [0.25, 0.3) is 5.91 Å². The Kier molecular flexibility index (Phi) is 8.92. The number of rotatable bonds is 9. The SMILES string of the molecule is CC(C)[C@@](C)(C#N)NC(=O)COC(=O)[C@@H](C)SCC(=O)Nc1ccc(F)cc1. The maximum absolute atomic E-state index is 12.8. The number of carbonyl (C=O) groups is 3. The highest BCUT2D eigenvalue weighted by molar-refractivity contribution is 8.01. The molecule has 0 radical (unpaired) electrons. The van der Waals surface area contributed by atoms with Gasteiger partial charge in [0.1, 0.15) is 16.6 Å². The van der Waals surface area contributed by atoms with Crippen molar-refractivity contribution in [2.45, 2.75) is 38.5 Å². The smallest absolute Gasteiger partial charge is 0.319 e. The summed E-state index contributed by atoms with van der Waals surface area (Å²) in [5, 5.41) is 13.6. The third-order valence-electron chi connectivity index (χ3n) is 4.06. The van der Waals surface area contributed by atoms with Gasteiger partial charge in [-0.05, 0) is 44.0 Å². The summed E-state index contributed by atoms with van der Waals surface area (Å²) < 4.78 is 17.8. The maximum atomic E-state index is 12.8. The molecule has 0 aromatic heterocycles. The summed E-state index contributed by atoms with van der Waals surface area (Å²) in [7, 11) is 0. The normalized spacial score (nSPS) is 13.8. The van der Waals surface area contributed by atoms with Crippen molar-refractivity contribution < 1.29 is 23.5 Å². The number of carbonyl (C=O) groups excluding carboxylic acids is 3. The zero-order valence-electron chi connectivity index (χ0n) is 16.2. The predicted octanol–water partition coefficient (Wildman–Crippen LogP) is 2.48. The molecule has 0 heterocycles. The van der Waals surface area contributed by atoms with E-state index in [-0.39, 0.29) is 17.6 Å². The average molecular weight is 409 g/mol. The Morgan fingerprint density at radius 2 is 1.82 bits per heavy atom. The summed E-state index contributed by atoms with van der Waals surface area (Å²) in [5.74, 6) is -2.10. The van der Waals surface area contributed by atoms with E-state index in [0.717, 1.165) is 11.8 Å². The maximum Gasteiger partial charge on any atom is 0.319 e. The highest BCUT2D eigenvalue weighted by Gasteiger charge is 2.30. The summed E-state index contributed by atoms with van der Waals surface area (Å²) in [6, 6.07) is 7.35. The number of halogens is 1. The Labute approximate surface area is 168 Å². The van der Waals surface area contributed by atoms with Gasteiger partial charge in [0.15, 0.2) is 6.61 Å². The van der Waals surface area contributed by atoms with Crippen LogP contribution in [0.15, 0.2) is 24.3 Å². The molecule has 2 N–H and O–H groups in total. The van der Waals surface area contributed by atoms with Crippen LogP contribution in [-0.4, -0.2) is 40.9 Å². The highest BCUT2D eigenvalue weighted by Crippen LogP contribution is 2.16. The van der Waals surface area contributed by atoms with Crippen molar-refractivity contribution in [3.63, 3.8) is 0 Å². The Balaban J connectivity index is 2.38. The van der Waals surface area contributed by atoms with Gasteiger partial charge in [0.05, 0.1) is 11.8 Å². The molecule has 0 saturated carbocycles. The number of nitriles is 1. The Morgan fingerprint density at radius 1 is 1.21 bits per heavy atom. The van der Waals surface area contributed by atoms with Gasteiger partial charge in [0, 0.05) is 5.69 Å². The second-order valence-corrected chi connectivity index (χ2v) is 7.96. The first-order valence-corrected chi connectivity index (χ1v) is 9.68. The quantitative estimate of drug-likeness (QED) is 0.607. The van der Waals surface area contributed by atoms with Crippen LogP contribution >= 0.6 is 11.8 Å². The van der Waals surface area contributed by atoms with E-state index in [4.69, 9.17) is 4.74 Å². The van der Waals surface area contributed by atoms with E-state index in [1.807, 2.05) is 6.07 Å². The molecule has 28 heavy (non-hydrogen) atoms. The molecular formula is C19H24FN3O4S. The molecule has 0 aliphatic carbocycles. The number of hydrogen-bond acceptors (Lipinski definition) is 6. The zero-order valence-corrected chi connectivity index (χ0v) is 17.1. The van der Waals surface area contributed by atoms with Crippen molar-refractivity contribution in [1.82, 2.24) is 5.32 Å². The molecule has 7 nitrogen and oxygen atoms in total. The van der Waals surface area contributed by atoms with Crippen molar-refractivity contribution in [2.24, 2.45) is 5.92 Å².